The molecule has 4 rings (SSSR count). The fourth-order valence-corrected chi connectivity index (χ4v) is 4.17. The summed E-state index contributed by atoms with van der Waals surface area (Å²) in [6.45, 7) is 0. The van der Waals surface area contributed by atoms with Gasteiger partial charge in [0.1, 0.15) is 11.2 Å². The standard InChI is InChI=1S/C28H21ClF3NO2/c29-23-13-11-20(12-14-23)19-27(21-7-3-1-4-8-21,22-9-5-2-6-10-22)26(34)33-24-15-17-25(18-16-24)35-28(30,31)32/h1-18H,19H2,(H,33,34). The normalized spacial score (nSPS) is 11.7. The second-order valence-corrected chi connectivity index (χ2v) is 8.40. The molecule has 0 aliphatic heterocycles. The van der Waals surface area contributed by atoms with E-state index in [0.29, 0.717) is 17.1 Å². The first-order valence-electron chi connectivity index (χ1n) is 10.8. The van der Waals surface area contributed by atoms with E-state index in [4.69, 9.17) is 11.6 Å². The Kier molecular flexibility index (Phi) is 7.12. The van der Waals surface area contributed by atoms with Gasteiger partial charge in [0, 0.05) is 10.7 Å². The number of alkyl halides is 3. The average Bonchev–Trinajstić information content (AvgIpc) is 2.85. The lowest BCUT2D eigenvalue weighted by molar-refractivity contribution is -0.274. The molecule has 4 aromatic rings. The van der Waals surface area contributed by atoms with E-state index in [-0.39, 0.29) is 11.7 Å². The highest BCUT2D eigenvalue weighted by atomic mass is 35.5. The monoisotopic (exact) mass is 495 g/mol. The topological polar surface area (TPSA) is 38.3 Å². The van der Waals surface area contributed by atoms with Crippen LogP contribution in [0.4, 0.5) is 18.9 Å². The Morgan fingerprint density at radius 2 is 1.26 bits per heavy atom. The van der Waals surface area contributed by atoms with Crippen LogP contribution in [0, 0.1) is 0 Å². The van der Waals surface area contributed by atoms with Crippen LogP contribution in [0.15, 0.2) is 109 Å². The molecule has 0 aromatic heterocycles. The molecule has 0 atom stereocenters. The molecule has 0 spiro atoms. The minimum absolute atomic E-state index is 0.325. The van der Waals surface area contributed by atoms with Gasteiger partial charge in [0.15, 0.2) is 0 Å². The third-order valence-electron chi connectivity index (χ3n) is 5.65. The average molecular weight is 496 g/mol. The Morgan fingerprint density at radius 3 is 1.74 bits per heavy atom. The van der Waals surface area contributed by atoms with Gasteiger partial charge in [-0.3, -0.25) is 4.79 Å². The number of ether oxygens (including phenoxy) is 1. The van der Waals surface area contributed by atoms with Crippen LogP contribution in [0.25, 0.3) is 0 Å². The Balaban J connectivity index is 1.77. The molecule has 0 saturated heterocycles. The van der Waals surface area contributed by atoms with Gasteiger partial charge < -0.3 is 10.1 Å². The molecule has 4 aromatic carbocycles. The number of hydrogen-bond donors (Lipinski definition) is 1. The second kappa shape index (κ2) is 10.2. The molecule has 0 fully saturated rings. The molecule has 0 radical (unpaired) electrons. The molecule has 0 aliphatic rings. The smallest absolute Gasteiger partial charge is 0.406 e. The number of carbonyl (C=O) groups is 1. The number of benzene rings is 4. The zero-order valence-corrected chi connectivity index (χ0v) is 19.2. The molecule has 7 heteroatoms. The van der Waals surface area contributed by atoms with Crippen LogP contribution in [-0.2, 0) is 16.6 Å². The summed E-state index contributed by atoms with van der Waals surface area (Å²) >= 11 is 6.08. The van der Waals surface area contributed by atoms with Crippen LogP contribution in [0.5, 0.6) is 5.75 Å². The van der Waals surface area contributed by atoms with Crippen molar-refractivity contribution in [1.82, 2.24) is 0 Å². The highest BCUT2D eigenvalue weighted by molar-refractivity contribution is 6.30. The summed E-state index contributed by atoms with van der Waals surface area (Å²) in [4.78, 5) is 14.1. The Hall–Kier alpha value is -3.77. The Labute approximate surface area is 206 Å². The molecule has 0 unspecified atom stereocenters. The van der Waals surface area contributed by atoms with Gasteiger partial charge in [-0.25, -0.2) is 0 Å². The van der Waals surface area contributed by atoms with Gasteiger partial charge in [-0.15, -0.1) is 13.2 Å². The maximum Gasteiger partial charge on any atom is 0.573 e. The van der Waals surface area contributed by atoms with Gasteiger partial charge >= 0.3 is 6.36 Å². The van der Waals surface area contributed by atoms with Crippen molar-refractivity contribution in [3.8, 4) is 5.75 Å². The molecule has 1 N–H and O–H groups in total. The van der Waals surface area contributed by atoms with E-state index in [0.717, 1.165) is 28.8 Å². The lowest BCUT2D eigenvalue weighted by Crippen LogP contribution is -2.43. The molecule has 178 valence electrons. The molecule has 0 bridgehead atoms. The number of amides is 1. The van der Waals surface area contributed by atoms with E-state index in [1.807, 2.05) is 72.8 Å². The van der Waals surface area contributed by atoms with E-state index in [1.165, 1.54) is 12.1 Å². The quantitative estimate of drug-likeness (QED) is 0.290. The Morgan fingerprint density at radius 1 is 0.743 bits per heavy atom. The largest absolute Gasteiger partial charge is 0.573 e. The summed E-state index contributed by atoms with van der Waals surface area (Å²) < 4.78 is 41.5. The maximum atomic E-state index is 14.1. The molecule has 35 heavy (non-hydrogen) atoms. The van der Waals surface area contributed by atoms with Crippen molar-refractivity contribution < 1.29 is 22.7 Å². The molecule has 0 saturated carbocycles. The number of halogens is 4. The van der Waals surface area contributed by atoms with Crippen LogP contribution in [0.3, 0.4) is 0 Å². The Bertz CT molecular complexity index is 1220. The maximum absolute atomic E-state index is 14.1. The second-order valence-electron chi connectivity index (χ2n) is 7.97. The molecule has 0 aliphatic carbocycles. The van der Waals surface area contributed by atoms with Gasteiger partial charge in [0.2, 0.25) is 5.91 Å². The van der Waals surface area contributed by atoms with E-state index < -0.39 is 11.8 Å². The summed E-state index contributed by atoms with van der Waals surface area (Å²) in [5.74, 6) is -0.691. The minimum Gasteiger partial charge on any atom is -0.406 e. The third-order valence-corrected chi connectivity index (χ3v) is 5.90. The van der Waals surface area contributed by atoms with Gasteiger partial charge in [0.05, 0.1) is 0 Å². The van der Waals surface area contributed by atoms with Crippen molar-refractivity contribution in [2.24, 2.45) is 0 Å². The zero-order valence-electron chi connectivity index (χ0n) is 18.4. The molecule has 3 nitrogen and oxygen atoms in total. The first kappa shape index (κ1) is 24.4. The van der Waals surface area contributed by atoms with E-state index >= 15 is 0 Å². The lowest BCUT2D eigenvalue weighted by Gasteiger charge is -2.34. The number of nitrogens with one attached hydrogen (secondary N) is 1. The number of rotatable bonds is 7. The molecule has 1 amide bonds. The van der Waals surface area contributed by atoms with Crippen LogP contribution < -0.4 is 10.1 Å². The predicted octanol–water partition coefficient (Wildman–Crippen LogP) is 7.41. The number of anilines is 1. The minimum atomic E-state index is -4.79. The van der Waals surface area contributed by atoms with Gasteiger partial charge in [-0.2, -0.15) is 0 Å². The summed E-state index contributed by atoms with van der Waals surface area (Å²) in [7, 11) is 0. The first-order chi connectivity index (χ1) is 16.8. The van der Waals surface area contributed by atoms with Gasteiger partial charge in [-0.05, 0) is 59.5 Å². The van der Waals surface area contributed by atoms with E-state index in [1.54, 1.807) is 12.1 Å². The number of hydrogen-bond acceptors (Lipinski definition) is 2. The summed E-state index contributed by atoms with van der Waals surface area (Å²) in [5.41, 5.74) is 1.66. The molecule has 0 heterocycles. The van der Waals surface area contributed by atoms with Crippen molar-refractivity contribution in [1.29, 1.82) is 0 Å². The van der Waals surface area contributed by atoms with Crippen LogP contribution in [0.1, 0.15) is 16.7 Å². The van der Waals surface area contributed by atoms with Crippen molar-refractivity contribution in [3.05, 3.63) is 131 Å². The predicted molar refractivity (Wildman–Crippen MR) is 131 cm³/mol. The van der Waals surface area contributed by atoms with Crippen molar-refractivity contribution in [2.45, 2.75) is 18.2 Å². The summed E-state index contributed by atoms with van der Waals surface area (Å²) in [6, 6.07) is 31.2. The van der Waals surface area contributed by atoms with Crippen molar-refractivity contribution in [2.75, 3.05) is 5.32 Å². The lowest BCUT2D eigenvalue weighted by atomic mass is 9.69. The van der Waals surface area contributed by atoms with Gasteiger partial charge in [0.25, 0.3) is 0 Å². The number of carbonyl (C=O) groups excluding carboxylic acids is 1. The zero-order chi connectivity index (χ0) is 24.9. The first-order valence-corrected chi connectivity index (χ1v) is 11.2. The molecular weight excluding hydrogens is 475 g/mol. The highest BCUT2D eigenvalue weighted by Crippen LogP contribution is 2.38. The van der Waals surface area contributed by atoms with Crippen LogP contribution in [0.2, 0.25) is 5.02 Å². The third kappa shape index (κ3) is 5.84. The fraction of sp³-hybridized carbons (Fsp3) is 0.107. The fourth-order valence-electron chi connectivity index (χ4n) is 4.04. The van der Waals surface area contributed by atoms with Crippen molar-refractivity contribution in [3.63, 3.8) is 0 Å². The van der Waals surface area contributed by atoms with Crippen LogP contribution in [-0.4, -0.2) is 12.3 Å². The SMILES string of the molecule is O=C(Nc1ccc(OC(F)(F)F)cc1)C(Cc1ccc(Cl)cc1)(c1ccccc1)c1ccccc1. The highest BCUT2D eigenvalue weighted by Gasteiger charge is 2.42. The van der Waals surface area contributed by atoms with E-state index in [9.17, 15) is 18.0 Å². The van der Waals surface area contributed by atoms with Crippen molar-refractivity contribution >= 4 is 23.2 Å². The van der Waals surface area contributed by atoms with Gasteiger partial charge in [-0.1, -0.05) is 84.4 Å². The molecular formula is C28H21ClF3NO2. The van der Waals surface area contributed by atoms with E-state index in [2.05, 4.69) is 10.1 Å². The summed E-state index contributed by atoms with van der Waals surface area (Å²) in [6.07, 6.45) is -4.46. The summed E-state index contributed by atoms with van der Waals surface area (Å²) in [5, 5.41) is 3.49. The van der Waals surface area contributed by atoms with Crippen LogP contribution >= 0.6 is 11.6 Å².